The maximum Gasteiger partial charge on any atom is 0.250 e. The highest BCUT2D eigenvalue weighted by Crippen LogP contribution is 2.30. The van der Waals surface area contributed by atoms with Gasteiger partial charge in [-0.1, -0.05) is 29.8 Å². The van der Waals surface area contributed by atoms with E-state index in [-0.39, 0.29) is 22.4 Å². The van der Waals surface area contributed by atoms with Crippen LogP contribution in [0.5, 0.6) is 0 Å². The van der Waals surface area contributed by atoms with Crippen LogP contribution >= 0.6 is 11.6 Å². The van der Waals surface area contributed by atoms with Crippen molar-refractivity contribution in [3.63, 3.8) is 0 Å². The number of nitrogens with zero attached hydrogens (tertiary/aromatic N) is 4. The Morgan fingerprint density at radius 2 is 1.94 bits per heavy atom. The second kappa shape index (κ2) is 9.41. The number of carbonyl (C=O) groups excluding carboxylic acids is 1. The third-order valence-electron chi connectivity index (χ3n) is 4.60. The number of nitrogen functional groups attached to an aromatic ring is 1. The molecule has 2 heterocycles. The van der Waals surface area contributed by atoms with Crippen LogP contribution in [-0.2, 0) is 0 Å². The van der Waals surface area contributed by atoms with Crippen molar-refractivity contribution in [1.29, 1.82) is 0 Å². The van der Waals surface area contributed by atoms with Crippen LogP contribution in [0, 0.1) is 5.82 Å². The first-order chi connectivity index (χ1) is 15.9. The van der Waals surface area contributed by atoms with Crippen LogP contribution in [0.3, 0.4) is 0 Å². The van der Waals surface area contributed by atoms with E-state index in [0.717, 1.165) is 0 Å². The first-order valence-corrected chi connectivity index (χ1v) is 10.0. The van der Waals surface area contributed by atoms with Crippen molar-refractivity contribution in [2.45, 2.75) is 0 Å². The molecule has 4 rings (SSSR count). The van der Waals surface area contributed by atoms with Gasteiger partial charge in [0.15, 0.2) is 5.82 Å². The van der Waals surface area contributed by atoms with E-state index >= 15 is 0 Å². The molecule has 0 bridgehead atoms. The van der Waals surface area contributed by atoms with Crippen molar-refractivity contribution in [2.24, 2.45) is 10.7 Å². The molecule has 8 nitrogen and oxygen atoms in total. The zero-order valence-electron chi connectivity index (χ0n) is 17.0. The van der Waals surface area contributed by atoms with Gasteiger partial charge in [0, 0.05) is 52.9 Å². The Morgan fingerprint density at radius 3 is 2.70 bits per heavy atom. The number of amides is 1. The van der Waals surface area contributed by atoms with Gasteiger partial charge in [0.2, 0.25) is 11.9 Å². The Balaban J connectivity index is 1.77. The number of para-hydroxylation sites is 1. The number of benzene rings is 2. The van der Waals surface area contributed by atoms with Gasteiger partial charge < -0.3 is 16.8 Å². The lowest BCUT2D eigenvalue weighted by Gasteiger charge is -2.10. The lowest BCUT2D eigenvalue weighted by molar-refractivity contribution is 0.1000. The summed E-state index contributed by atoms with van der Waals surface area (Å²) in [5, 5.41) is 2.93. The zero-order valence-corrected chi connectivity index (χ0v) is 17.8. The van der Waals surface area contributed by atoms with Gasteiger partial charge in [-0.3, -0.25) is 9.78 Å². The van der Waals surface area contributed by atoms with E-state index in [0.29, 0.717) is 28.1 Å². The summed E-state index contributed by atoms with van der Waals surface area (Å²) in [5.74, 6) is -0.661. The molecular weight excluding hydrogens is 445 g/mol. The monoisotopic (exact) mass is 461 g/mol. The molecule has 0 aliphatic heterocycles. The van der Waals surface area contributed by atoms with Crippen LogP contribution in [0.2, 0.25) is 5.02 Å². The summed E-state index contributed by atoms with van der Waals surface area (Å²) in [7, 11) is 0. The Bertz CT molecular complexity index is 1380. The zero-order chi connectivity index (χ0) is 23.4. The molecule has 2 aromatic heterocycles. The predicted molar refractivity (Wildman–Crippen MR) is 127 cm³/mol. The van der Waals surface area contributed by atoms with Crippen molar-refractivity contribution in [3.8, 4) is 11.1 Å². The highest BCUT2D eigenvalue weighted by Gasteiger charge is 2.12. The first-order valence-electron chi connectivity index (χ1n) is 9.63. The molecule has 0 spiro atoms. The van der Waals surface area contributed by atoms with Crippen LogP contribution in [0.4, 0.5) is 27.5 Å². The van der Waals surface area contributed by atoms with E-state index in [1.54, 1.807) is 24.5 Å². The smallest absolute Gasteiger partial charge is 0.250 e. The molecule has 10 heteroatoms. The number of primary amides is 1. The summed E-state index contributed by atoms with van der Waals surface area (Å²) in [5.41, 5.74) is 14.4. The lowest BCUT2D eigenvalue weighted by Crippen LogP contribution is -2.11. The van der Waals surface area contributed by atoms with E-state index in [9.17, 15) is 9.18 Å². The van der Waals surface area contributed by atoms with E-state index in [2.05, 4.69) is 25.3 Å². The Labute approximate surface area is 193 Å². The summed E-state index contributed by atoms with van der Waals surface area (Å²) in [6, 6.07) is 13.0. The van der Waals surface area contributed by atoms with Crippen LogP contribution in [0.25, 0.3) is 11.1 Å². The third kappa shape index (κ3) is 5.10. The predicted octanol–water partition coefficient (Wildman–Crippen LogP) is 4.51. The number of aliphatic imine (C=N–C) groups is 1. The maximum atomic E-state index is 13.5. The van der Waals surface area contributed by atoms with E-state index < -0.39 is 11.7 Å². The second-order valence-electron chi connectivity index (χ2n) is 6.90. The van der Waals surface area contributed by atoms with Gasteiger partial charge in [-0.2, -0.15) is 4.98 Å². The minimum atomic E-state index is -0.612. The van der Waals surface area contributed by atoms with Crippen molar-refractivity contribution >= 4 is 46.9 Å². The Hall–Kier alpha value is -4.37. The van der Waals surface area contributed by atoms with Crippen LogP contribution < -0.4 is 16.8 Å². The van der Waals surface area contributed by atoms with Gasteiger partial charge in [-0.05, 0) is 30.3 Å². The third-order valence-corrected chi connectivity index (χ3v) is 4.89. The molecule has 164 valence electrons. The molecule has 0 saturated carbocycles. The minimum Gasteiger partial charge on any atom is -0.398 e. The van der Waals surface area contributed by atoms with E-state index in [1.165, 1.54) is 30.6 Å². The fraction of sp³-hybridized carbons (Fsp3) is 0. The fourth-order valence-electron chi connectivity index (χ4n) is 2.92. The average molecular weight is 462 g/mol. The quantitative estimate of drug-likeness (QED) is 0.286. The molecule has 0 unspecified atom stereocenters. The SMILES string of the molecule is NC(=O)c1cncc(-c2cnc(Nc3ccc(F)c(Cl)c3)nc2N=Cc2ccccc2N)c1. The average Bonchev–Trinajstić information content (AvgIpc) is 2.81. The molecule has 4 aromatic rings. The number of nitrogens with one attached hydrogen (secondary N) is 1. The van der Waals surface area contributed by atoms with Gasteiger partial charge in [0.05, 0.1) is 10.6 Å². The normalized spacial score (nSPS) is 11.0. The van der Waals surface area contributed by atoms with E-state index in [1.807, 2.05) is 18.2 Å². The summed E-state index contributed by atoms with van der Waals surface area (Å²) in [4.78, 5) is 28.9. The number of anilines is 3. The van der Waals surface area contributed by atoms with Crippen molar-refractivity contribution < 1.29 is 9.18 Å². The van der Waals surface area contributed by atoms with E-state index in [4.69, 9.17) is 23.1 Å². The number of halogens is 2. The number of aromatic nitrogens is 3. The minimum absolute atomic E-state index is 0.0382. The number of hydrogen-bond donors (Lipinski definition) is 3. The van der Waals surface area contributed by atoms with Gasteiger partial charge in [0.25, 0.3) is 0 Å². The molecule has 0 aliphatic rings. The summed E-state index contributed by atoms with van der Waals surface area (Å²) < 4.78 is 13.5. The first kappa shape index (κ1) is 21.8. The van der Waals surface area contributed by atoms with Gasteiger partial charge in [-0.15, -0.1) is 0 Å². The van der Waals surface area contributed by atoms with Crippen LogP contribution in [0.15, 0.2) is 72.1 Å². The summed E-state index contributed by atoms with van der Waals surface area (Å²) in [6.07, 6.45) is 6.02. The molecule has 0 radical (unpaired) electrons. The van der Waals surface area contributed by atoms with Gasteiger partial charge in [-0.25, -0.2) is 14.4 Å². The number of rotatable bonds is 6. The van der Waals surface area contributed by atoms with Crippen LogP contribution in [0.1, 0.15) is 15.9 Å². The molecule has 0 aliphatic carbocycles. The fourth-order valence-corrected chi connectivity index (χ4v) is 3.10. The Morgan fingerprint density at radius 1 is 1.12 bits per heavy atom. The molecule has 33 heavy (non-hydrogen) atoms. The molecular formula is C23H17ClFN7O. The summed E-state index contributed by atoms with van der Waals surface area (Å²) >= 11 is 5.85. The Kier molecular flexibility index (Phi) is 6.23. The topological polar surface area (TPSA) is 132 Å². The largest absolute Gasteiger partial charge is 0.398 e. The molecule has 0 atom stereocenters. The highest BCUT2D eigenvalue weighted by molar-refractivity contribution is 6.31. The van der Waals surface area contributed by atoms with Gasteiger partial charge >= 0.3 is 0 Å². The molecule has 5 N–H and O–H groups in total. The molecule has 0 fully saturated rings. The lowest BCUT2D eigenvalue weighted by atomic mass is 10.1. The van der Waals surface area contributed by atoms with Crippen LogP contribution in [-0.4, -0.2) is 27.1 Å². The van der Waals surface area contributed by atoms with Gasteiger partial charge in [0.1, 0.15) is 5.82 Å². The van der Waals surface area contributed by atoms with Crippen molar-refractivity contribution in [3.05, 3.63) is 89.1 Å². The second-order valence-corrected chi connectivity index (χ2v) is 7.31. The van der Waals surface area contributed by atoms with Crippen molar-refractivity contribution in [2.75, 3.05) is 11.1 Å². The molecule has 2 aromatic carbocycles. The standard InChI is InChI=1S/C23H17ClFN7O/c24-18-8-16(5-6-19(18)25)31-23-30-12-17(14-7-15(21(27)33)10-28-9-14)22(32-23)29-11-13-3-1-2-4-20(13)26/h1-12H,26H2,(H2,27,33)(H,30,31,32). The summed E-state index contributed by atoms with van der Waals surface area (Å²) in [6.45, 7) is 0. The van der Waals surface area contributed by atoms with Crippen molar-refractivity contribution in [1.82, 2.24) is 15.0 Å². The maximum absolute atomic E-state index is 13.5. The number of nitrogens with two attached hydrogens (primary N) is 2. The molecule has 0 saturated heterocycles. The number of carbonyl (C=O) groups is 1. The number of hydrogen-bond acceptors (Lipinski definition) is 7. The molecule has 1 amide bonds. The number of pyridine rings is 1. The highest BCUT2D eigenvalue weighted by atomic mass is 35.5.